The molecular weight excluding hydrogens is 348 g/mol. The molecule has 0 N–H and O–H groups in total. The number of ether oxygens (including phenoxy) is 1. The topological polar surface area (TPSA) is 87.9 Å². The van der Waals surface area contributed by atoms with Crippen LogP contribution < -0.4 is 14.7 Å². The summed E-state index contributed by atoms with van der Waals surface area (Å²) >= 11 is 0. The lowest BCUT2D eigenvalue weighted by Crippen LogP contribution is -2.47. The van der Waals surface area contributed by atoms with Crippen LogP contribution in [0.2, 0.25) is 0 Å². The quantitative estimate of drug-likeness (QED) is 0.561. The first-order chi connectivity index (χ1) is 13.0. The van der Waals surface area contributed by atoms with Crippen molar-refractivity contribution in [1.29, 1.82) is 0 Å². The molecule has 0 unspecified atom stereocenters. The average Bonchev–Trinajstić information content (AvgIpc) is 2.68. The second-order valence-corrected chi connectivity index (χ2v) is 6.59. The summed E-state index contributed by atoms with van der Waals surface area (Å²) < 4.78 is 5.24. The van der Waals surface area contributed by atoms with E-state index in [9.17, 15) is 10.1 Å². The number of rotatable bonds is 6. The number of methoxy groups -OCH3 is 1. The number of nitrogens with zero attached hydrogens (tertiary/aromatic N) is 6. The molecule has 9 heteroatoms. The van der Waals surface area contributed by atoms with Gasteiger partial charge in [0.15, 0.2) is 0 Å². The molecule has 0 bridgehead atoms. The molecule has 1 aliphatic rings. The number of anilines is 3. The summed E-state index contributed by atoms with van der Waals surface area (Å²) in [6.07, 6.45) is 1.77. The Morgan fingerprint density at radius 3 is 2.52 bits per heavy atom. The molecular formula is C18H24N6O3. The molecule has 1 aromatic carbocycles. The molecule has 144 valence electrons. The highest BCUT2D eigenvalue weighted by Crippen LogP contribution is 2.28. The Morgan fingerprint density at radius 1 is 1.19 bits per heavy atom. The number of hydrogen-bond donors (Lipinski definition) is 0. The first kappa shape index (κ1) is 18.8. The van der Waals surface area contributed by atoms with Crippen LogP contribution in [0, 0.1) is 10.1 Å². The van der Waals surface area contributed by atoms with Gasteiger partial charge in [-0.3, -0.25) is 10.1 Å². The van der Waals surface area contributed by atoms with Crippen molar-refractivity contribution in [1.82, 2.24) is 9.97 Å². The molecule has 0 radical (unpaired) electrons. The van der Waals surface area contributed by atoms with Gasteiger partial charge in [0, 0.05) is 77.0 Å². The van der Waals surface area contributed by atoms with Gasteiger partial charge in [0.25, 0.3) is 5.69 Å². The van der Waals surface area contributed by atoms with E-state index in [4.69, 9.17) is 4.74 Å². The smallest absolute Gasteiger partial charge is 0.269 e. The lowest BCUT2D eigenvalue weighted by molar-refractivity contribution is -0.384. The van der Waals surface area contributed by atoms with E-state index in [0.29, 0.717) is 12.6 Å². The van der Waals surface area contributed by atoms with E-state index in [-0.39, 0.29) is 10.6 Å². The summed E-state index contributed by atoms with van der Waals surface area (Å²) in [6.45, 7) is 3.57. The highest BCUT2D eigenvalue weighted by Gasteiger charge is 2.22. The van der Waals surface area contributed by atoms with Crippen molar-refractivity contribution in [2.75, 3.05) is 62.1 Å². The maximum Gasteiger partial charge on any atom is 0.269 e. The molecule has 1 aromatic heterocycles. The van der Waals surface area contributed by atoms with Crippen molar-refractivity contribution in [3.8, 4) is 0 Å². The summed E-state index contributed by atoms with van der Waals surface area (Å²) in [6, 6.07) is 6.88. The second-order valence-electron chi connectivity index (χ2n) is 6.59. The Labute approximate surface area is 158 Å². The zero-order valence-corrected chi connectivity index (χ0v) is 15.8. The Hall–Kier alpha value is -2.94. The highest BCUT2D eigenvalue weighted by molar-refractivity contribution is 5.59. The summed E-state index contributed by atoms with van der Waals surface area (Å²) in [4.78, 5) is 25.9. The molecule has 0 aliphatic carbocycles. The molecule has 1 saturated heterocycles. The molecule has 9 nitrogen and oxygen atoms in total. The number of piperazine rings is 1. The third-order valence-electron chi connectivity index (χ3n) is 4.55. The van der Waals surface area contributed by atoms with Gasteiger partial charge in [-0.2, -0.15) is 4.98 Å². The van der Waals surface area contributed by atoms with Crippen LogP contribution in [-0.2, 0) is 11.3 Å². The van der Waals surface area contributed by atoms with Crippen LogP contribution in [0.25, 0.3) is 0 Å². The van der Waals surface area contributed by atoms with Gasteiger partial charge in [-0.1, -0.05) is 0 Å². The molecule has 1 fully saturated rings. The summed E-state index contributed by atoms with van der Waals surface area (Å²) in [5.74, 6) is 1.60. The number of aromatic nitrogens is 2. The Kier molecular flexibility index (Phi) is 5.70. The van der Waals surface area contributed by atoms with Crippen molar-refractivity contribution >= 4 is 23.1 Å². The molecule has 0 amide bonds. The van der Waals surface area contributed by atoms with E-state index in [2.05, 4.69) is 19.8 Å². The van der Waals surface area contributed by atoms with Crippen molar-refractivity contribution in [3.63, 3.8) is 0 Å². The number of non-ortho nitro benzene ring substituents is 1. The fourth-order valence-corrected chi connectivity index (χ4v) is 3.17. The van der Waals surface area contributed by atoms with Gasteiger partial charge in [0.05, 0.1) is 11.5 Å². The van der Waals surface area contributed by atoms with E-state index >= 15 is 0 Å². The lowest BCUT2D eigenvalue weighted by atomic mass is 10.1. The van der Waals surface area contributed by atoms with Crippen molar-refractivity contribution in [2.24, 2.45) is 0 Å². The predicted octanol–water partition coefficient (Wildman–Crippen LogP) is 1.92. The van der Waals surface area contributed by atoms with Crippen LogP contribution in [0.1, 0.15) is 5.56 Å². The molecule has 1 aliphatic heterocycles. The summed E-state index contributed by atoms with van der Waals surface area (Å²) in [5.41, 5.74) is 1.90. The minimum Gasteiger partial charge on any atom is -0.380 e. The van der Waals surface area contributed by atoms with Crippen LogP contribution in [0.15, 0.2) is 30.5 Å². The summed E-state index contributed by atoms with van der Waals surface area (Å²) in [5, 5.41) is 11.0. The van der Waals surface area contributed by atoms with Gasteiger partial charge in [-0.15, -0.1) is 0 Å². The third kappa shape index (κ3) is 4.25. The maximum atomic E-state index is 11.0. The van der Waals surface area contributed by atoms with Crippen molar-refractivity contribution in [2.45, 2.75) is 6.61 Å². The monoisotopic (exact) mass is 372 g/mol. The number of benzene rings is 1. The van der Waals surface area contributed by atoms with Crippen LogP contribution in [0.4, 0.5) is 23.1 Å². The Bertz CT molecular complexity index is 805. The maximum absolute atomic E-state index is 11.0. The van der Waals surface area contributed by atoms with E-state index in [1.54, 1.807) is 25.4 Å². The molecule has 2 heterocycles. The molecule has 3 rings (SSSR count). The standard InChI is InChI=1S/C18H24N6O3/c1-21(2)18-19-7-6-17(20-18)23-10-8-22(9-11-23)16-5-4-15(24(25)26)12-14(16)13-27-3/h4-7,12H,8-11,13H2,1-3H3. The number of hydrogen-bond acceptors (Lipinski definition) is 8. The van der Waals surface area contributed by atoms with E-state index in [1.807, 2.05) is 31.1 Å². The minimum absolute atomic E-state index is 0.0848. The van der Waals surface area contributed by atoms with Crippen LogP contribution in [0.3, 0.4) is 0 Å². The molecule has 27 heavy (non-hydrogen) atoms. The fraction of sp³-hybridized carbons (Fsp3) is 0.444. The lowest BCUT2D eigenvalue weighted by Gasteiger charge is -2.37. The second kappa shape index (κ2) is 8.17. The van der Waals surface area contributed by atoms with Crippen molar-refractivity contribution < 1.29 is 9.66 Å². The predicted molar refractivity (Wildman–Crippen MR) is 105 cm³/mol. The van der Waals surface area contributed by atoms with Gasteiger partial charge >= 0.3 is 0 Å². The van der Waals surface area contributed by atoms with Crippen LogP contribution >= 0.6 is 0 Å². The highest BCUT2D eigenvalue weighted by atomic mass is 16.6. The Balaban J connectivity index is 1.74. The zero-order valence-electron chi connectivity index (χ0n) is 15.8. The molecule has 0 atom stereocenters. The van der Waals surface area contributed by atoms with Crippen molar-refractivity contribution in [3.05, 3.63) is 46.1 Å². The number of nitro groups is 1. The zero-order chi connectivity index (χ0) is 19.4. The molecule has 0 spiro atoms. The largest absolute Gasteiger partial charge is 0.380 e. The van der Waals surface area contributed by atoms with Crippen LogP contribution in [0.5, 0.6) is 0 Å². The SMILES string of the molecule is COCc1cc([N+](=O)[O-])ccc1N1CCN(c2ccnc(N(C)C)n2)CC1. The summed E-state index contributed by atoms with van der Waals surface area (Å²) in [7, 11) is 5.43. The van der Waals surface area contributed by atoms with Gasteiger partial charge < -0.3 is 19.4 Å². The van der Waals surface area contributed by atoms with E-state index in [1.165, 1.54) is 0 Å². The third-order valence-corrected chi connectivity index (χ3v) is 4.55. The van der Waals surface area contributed by atoms with E-state index < -0.39 is 0 Å². The van der Waals surface area contributed by atoms with Gasteiger partial charge in [0.2, 0.25) is 5.95 Å². The van der Waals surface area contributed by atoms with Gasteiger partial charge in [0.1, 0.15) is 5.82 Å². The number of nitro benzene ring substituents is 1. The fourth-order valence-electron chi connectivity index (χ4n) is 3.17. The van der Waals surface area contributed by atoms with Gasteiger partial charge in [-0.05, 0) is 12.1 Å². The minimum atomic E-state index is -0.377. The normalized spacial score (nSPS) is 14.3. The first-order valence-electron chi connectivity index (χ1n) is 8.76. The Morgan fingerprint density at radius 2 is 1.89 bits per heavy atom. The van der Waals surface area contributed by atoms with Gasteiger partial charge in [-0.25, -0.2) is 4.98 Å². The van der Waals surface area contributed by atoms with Crippen LogP contribution in [-0.4, -0.2) is 62.3 Å². The first-order valence-corrected chi connectivity index (χ1v) is 8.76. The molecule has 0 saturated carbocycles. The van der Waals surface area contributed by atoms with E-state index in [0.717, 1.165) is 43.2 Å². The average molecular weight is 372 g/mol. The molecule has 2 aromatic rings.